The van der Waals surface area contributed by atoms with E-state index in [1.54, 1.807) is 0 Å². The second kappa shape index (κ2) is 3.18. The van der Waals surface area contributed by atoms with Crippen molar-refractivity contribution in [2.75, 3.05) is 0 Å². The number of rotatable bonds is 2. The normalized spacial score (nSPS) is 11.5. The Morgan fingerprint density at radius 2 is 2.25 bits per heavy atom. The van der Waals surface area contributed by atoms with Gasteiger partial charge in [-0.3, -0.25) is 4.79 Å². The van der Waals surface area contributed by atoms with Gasteiger partial charge in [-0.05, 0) is 6.42 Å². The van der Waals surface area contributed by atoms with Gasteiger partial charge >= 0.3 is 0 Å². The molecule has 0 bridgehead atoms. The van der Waals surface area contributed by atoms with E-state index in [0.29, 0.717) is 12.1 Å². The van der Waals surface area contributed by atoms with Crippen LogP contribution in [0.5, 0.6) is 0 Å². The monoisotopic (exact) mass is 114 g/mol. The molecule has 0 aliphatic heterocycles. The van der Waals surface area contributed by atoms with E-state index in [0.717, 1.165) is 0 Å². The first kappa shape index (κ1) is 7.14. The summed E-state index contributed by atoms with van der Waals surface area (Å²) >= 11 is 0. The SMILES string of the molecule is CCC(=NN)C(C)=O. The fraction of sp³-hybridized carbons (Fsp3) is 0.600. The van der Waals surface area contributed by atoms with Crippen LogP contribution >= 0.6 is 0 Å². The fourth-order valence-electron chi connectivity index (χ4n) is 0.431. The van der Waals surface area contributed by atoms with Crippen LogP contribution in [0.15, 0.2) is 5.10 Å². The predicted octanol–water partition coefficient (Wildman–Crippen LogP) is 0.300. The number of hydrogen-bond acceptors (Lipinski definition) is 3. The lowest BCUT2D eigenvalue weighted by Crippen LogP contribution is -2.10. The van der Waals surface area contributed by atoms with Gasteiger partial charge in [-0.2, -0.15) is 5.10 Å². The second-order valence-electron chi connectivity index (χ2n) is 1.49. The van der Waals surface area contributed by atoms with Crippen molar-refractivity contribution in [2.24, 2.45) is 10.9 Å². The molecule has 0 aromatic carbocycles. The van der Waals surface area contributed by atoms with E-state index in [9.17, 15) is 4.79 Å². The van der Waals surface area contributed by atoms with Crippen molar-refractivity contribution < 1.29 is 4.79 Å². The first-order valence-corrected chi connectivity index (χ1v) is 2.50. The zero-order chi connectivity index (χ0) is 6.57. The highest BCUT2D eigenvalue weighted by Gasteiger charge is 1.99. The maximum absolute atomic E-state index is 10.4. The molecule has 0 fully saturated rings. The summed E-state index contributed by atoms with van der Waals surface area (Å²) < 4.78 is 0. The van der Waals surface area contributed by atoms with Crippen LogP contribution in [0.4, 0.5) is 0 Å². The minimum Gasteiger partial charge on any atom is -0.323 e. The highest BCUT2D eigenvalue weighted by Crippen LogP contribution is 1.83. The summed E-state index contributed by atoms with van der Waals surface area (Å²) in [6, 6.07) is 0. The van der Waals surface area contributed by atoms with E-state index in [-0.39, 0.29) is 5.78 Å². The second-order valence-corrected chi connectivity index (χ2v) is 1.49. The Hall–Kier alpha value is -0.860. The van der Waals surface area contributed by atoms with Gasteiger partial charge in [-0.25, -0.2) is 0 Å². The van der Waals surface area contributed by atoms with Gasteiger partial charge in [0.15, 0.2) is 5.78 Å². The molecule has 46 valence electrons. The molecule has 0 unspecified atom stereocenters. The Morgan fingerprint density at radius 1 is 1.75 bits per heavy atom. The maximum atomic E-state index is 10.4. The van der Waals surface area contributed by atoms with Crippen molar-refractivity contribution in [3.05, 3.63) is 0 Å². The Labute approximate surface area is 48.6 Å². The molecule has 8 heavy (non-hydrogen) atoms. The summed E-state index contributed by atoms with van der Waals surface area (Å²) in [5, 5.41) is 3.27. The largest absolute Gasteiger partial charge is 0.323 e. The number of nitrogens with two attached hydrogens (primary N) is 1. The topological polar surface area (TPSA) is 55.4 Å². The number of nitrogens with zero attached hydrogens (tertiary/aromatic N) is 1. The van der Waals surface area contributed by atoms with Crippen molar-refractivity contribution in [1.82, 2.24) is 0 Å². The smallest absolute Gasteiger partial charge is 0.175 e. The van der Waals surface area contributed by atoms with E-state index in [1.165, 1.54) is 6.92 Å². The van der Waals surface area contributed by atoms with E-state index >= 15 is 0 Å². The number of Topliss-reactive ketones (excluding diaryl/α,β-unsaturated/α-hetero) is 1. The molecule has 0 atom stereocenters. The molecule has 0 aliphatic rings. The van der Waals surface area contributed by atoms with Gasteiger partial charge in [0, 0.05) is 6.92 Å². The van der Waals surface area contributed by atoms with Gasteiger partial charge in [0.2, 0.25) is 0 Å². The molecule has 0 saturated heterocycles. The number of hydrogen-bond donors (Lipinski definition) is 1. The van der Waals surface area contributed by atoms with E-state index in [1.807, 2.05) is 6.92 Å². The van der Waals surface area contributed by atoms with Crippen LogP contribution in [-0.4, -0.2) is 11.5 Å². The van der Waals surface area contributed by atoms with Crippen molar-refractivity contribution in [2.45, 2.75) is 20.3 Å². The Kier molecular flexibility index (Phi) is 2.84. The predicted molar refractivity (Wildman–Crippen MR) is 32.6 cm³/mol. The molecular formula is C5H10N2O. The van der Waals surface area contributed by atoms with Crippen molar-refractivity contribution in [1.29, 1.82) is 0 Å². The average Bonchev–Trinajstić information content (AvgIpc) is 1.69. The molecule has 0 radical (unpaired) electrons. The minimum absolute atomic E-state index is 0.0463. The third kappa shape index (κ3) is 1.73. The summed E-state index contributed by atoms with van der Waals surface area (Å²) in [5.74, 6) is 4.81. The highest BCUT2D eigenvalue weighted by atomic mass is 16.1. The van der Waals surface area contributed by atoms with Crippen LogP contribution in [0.1, 0.15) is 20.3 Å². The third-order valence-corrected chi connectivity index (χ3v) is 0.897. The maximum Gasteiger partial charge on any atom is 0.175 e. The molecule has 0 rings (SSSR count). The summed E-state index contributed by atoms with van der Waals surface area (Å²) in [6.07, 6.45) is 0.617. The van der Waals surface area contributed by atoms with Crippen molar-refractivity contribution in [3.63, 3.8) is 0 Å². The lowest BCUT2D eigenvalue weighted by atomic mass is 10.2. The molecular weight excluding hydrogens is 104 g/mol. The van der Waals surface area contributed by atoms with Crippen LogP contribution in [0.25, 0.3) is 0 Å². The molecule has 2 N–H and O–H groups in total. The molecule has 3 heteroatoms. The summed E-state index contributed by atoms with van der Waals surface area (Å²) in [6.45, 7) is 3.29. The van der Waals surface area contributed by atoms with Crippen LogP contribution in [0, 0.1) is 0 Å². The van der Waals surface area contributed by atoms with E-state index in [4.69, 9.17) is 5.84 Å². The number of carbonyl (C=O) groups is 1. The highest BCUT2D eigenvalue weighted by molar-refractivity contribution is 6.38. The third-order valence-electron chi connectivity index (χ3n) is 0.897. The minimum atomic E-state index is -0.0463. The molecule has 0 aliphatic carbocycles. The van der Waals surface area contributed by atoms with Crippen LogP contribution in [0.3, 0.4) is 0 Å². The van der Waals surface area contributed by atoms with Gasteiger partial charge in [0.05, 0.1) is 0 Å². The molecule has 0 amide bonds. The number of hydrazone groups is 1. The van der Waals surface area contributed by atoms with Crippen LogP contribution in [0.2, 0.25) is 0 Å². The van der Waals surface area contributed by atoms with Crippen molar-refractivity contribution in [3.8, 4) is 0 Å². The Morgan fingerprint density at radius 3 is 2.25 bits per heavy atom. The van der Waals surface area contributed by atoms with Crippen LogP contribution < -0.4 is 5.84 Å². The molecule has 0 aromatic heterocycles. The fourth-order valence-corrected chi connectivity index (χ4v) is 0.431. The van der Waals surface area contributed by atoms with Gasteiger partial charge in [0.25, 0.3) is 0 Å². The molecule has 0 heterocycles. The van der Waals surface area contributed by atoms with E-state index < -0.39 is 0 Å². The first-order valence-electron chi connectivity index (χ1n) is 2.50. The summed E-state index contributed by atoms with van der Waals surface area (Å²) in [4.78, 5) is 10.4. The summed E-state index contributed by atoms with van der Waals surface area (Å²) in [5.41, 5.74) is 0.449. The Balaban J connectivity index is 3.92. The summed E-state index contributed by atoms with van der Waals surface area (Å²) in [7, 11) is 0. The van der Waals surface area contributed by atoms with Gasteiger partial charge in [-0.15, -0.1) is 0 Å². The quantitative estimate of drug-likeness (QED) is 0.319. The first-order chi connectivity index (χ1) is 3.72. The standard InChI is InChI=1S/C5H10N2O/c1-3-5(7-6)4(2)8/h3,6H2,1-2H3. The van der Waals surface area contributed by atoms with E-state index in [2.05, 4.69) is 5.10 Å². The van der Waals surface area contributed by atoms with Crippen LogP contribution in [-0.2, 0) is 4.79 Å². The zero-order valence-electron chi connectivity index (χ0n) is 5.14. The molecule has 3 nitrogen and oxygen atoms in total. The van der Waals surface area contributed by atoms with Gasteiger partial charge in [-0.1, -0.05) is 6.92 Å². The van der Waals surface area contributed by atoms with Gasteiger partial charge < -0.3 is 5.84 Å². The van der Waals surface area contributed by atoms with Gasteiger partial charge in [0.1, 0.15) is 5.71 Å². The molecule has 0 saturated carbocycles. The average molecular weight is 114 g/mol. The zero-order valence-corrected chi connectivity index (χ0v) is 5.14. The lowest BCUT2D eigenvalue weighted by Gasteiger charge is -1.90. The molecule has 0 spiro atoms. The number of ketones is 1. The van der Waals surface area contributed by atoms with Crippen molar-refractivity contribution >= 4 is 11.5 Å². The number of carbonyl (C=O) groups excluding carboxylic acids is 1. The Bertz CT molecular complexity index is 118. The molecule has 0 aromatic rings. The lowest BCUT2D eigenvalue weighted by molar-refractivity contribution is -0.111.